The normalized spacial score (nSPS) is 11.7. The van der Waals surface area contributed by atoms with Crippen molar-refractivity contribution in [2.45, 2.75) is 22.6 Å². The number of fused-ring (bicyclic) bond motifs is 1. The molecule has 7 nitrogen and oxygen atoms in total. The Labute approximate surface area is 202 Å². The van der Waals surface area contributed by atoms with Crippen LogP contribution < -0.4 is 4.74 Å². The molecule has 0 aliphatic heterocycles. The Morgan fingerprint density at radius 1 is 0.943 bits per heavy atom. The number of benzene rings is 2. The largest absolute Gasteiger partial charge is 0.497 e. The minimum atomic E-state index is -4.38. The van der Waals surface area contributed by atoms with E-state index in [1.807, 2.05) is 30.3 Å². The maximum absolute atomic E-state index is 12.9. The number of hydrogen-bond acceptors (Lipinski definition) is 7. The Morgan fingerprint density at radius 2 is 1.69 bits per heavy atom. The number of pyridine rings is 1. The van der Waals surface area contributed by atoms with Gasteiger partial charge < -0.3 is 4.74 Å². The Balaban J connectivity index is 1.41. The maximum atomic E-state index is 12.9. The van der Waals surface area contributed by atoms with Gasteiger partial charge in [-0.1, -0.05) is 29.1 Å². The van der Waals surface area contributed by atoms with Gasteiger partial charge in [-0.25, -0.2) is 14.6 Å². The summed E-state index contributed by atoms with van der Waals surface area (Å²) in [6.07, 6.45) is 0.369. The lowest BCUT2D eigenvalue weighted by Crippen LogP contribution is -2.03. The van der Waals surface area contributed by atoms with Crippen LogP contribution in [0.5, 0.6) is 5.75 Å². The zero-order chi connectivity index (χ0) is 24.4. The lowest BCUT2D eigenvalue weighted by Gasteiger charge is -2.09. The second-order valence-electron chi connectivity index (χ2n) is 7.50. The number of rotatable bonds is 6. The highest BCUT2D eigenvalue weighted by molar-refractivity contribution is 7.99. The molecule has 5 rings (SSSR count). The molecule has 35 heavy (non-hydrogen) atoms. The van der Waals surface area contributed by atoms with Gasteiger partial charge in [-0.2, -0.15) is 13.2 Å². The van der Waals surface area contributed by atoms with Gasteiger partial charge in [0.25, 0.3) is 0 Å². The van der Waals surface area contributed by atoms with Crippen LogP contribution in [0.15, 0.2) is 83.1 Å². The van der Waals surface area contributed by atoms with E-state index in [-0.39, 0.29) is 0 Å². The molecule has 0 N–H and O–H groups in total. The highest BCUT2D eigenvalue weighted by Crippen LogP contribution is 2.35. The minimum absolute atomic E-state index is 0.493. The van der Waals surface area contributed by atoms with E-state index >= 15 is 0 Å². The summed E-state index contributed by atoms with van der Waals surface area (Å²) < 4.78 is 45.5. The fraction of sp³-hybridized carbons (Fsp3) is 0.125. The Hall–Kier alpha value is -3.99. The van der Waals surface area contributed by atoms with Gasteiger partial charge in [-0.15, -0.1) is 5.10 Å². The molecular formula is C24H17F3N6OS. The first-order valence-corrected chi connectivity index (χ1v) is 11.2. The van der Waals surface area contributed by atoms with E-state index in [0.717, 1.165) is 23.4 Å². The van der Waals surface area contributed by atoms with Gasteiger partial charge in [0, 0.05) is 29.0 Å². The van der Waals surface area contributed by atoms with Crippen molar-refractivity contribution in [3.05, 3.63) is 84.3 Å². The Morgan fingerprint density at radius 3 is 2.40 bits per heavy atom. The van der Waals surface area contributed by atoms with E-state index in [1.165, 1.54) is 30.1 Å². The van der Waals surface area contributed by atoms with Crippen molar-refractivity contribution in [1.29, 1.82) is 0 Å². The van der Waals surface area contributed by atoms with Gasteiger partial charge in [0.05, 0.1) is 19.2 Å². The summed E-state index contributed by atoms with van der Waals surface area (Å²) in [5, 5.41) is 9.01. The first-order chi connectivity index (χ1) is 16.9. The molecule has 0 unspecified atom stereocenters. The molecule has 0 spiro atoms. The SMILES string of the molecule is COc1ccc(Cn2nnc3cc(-c4nccnc4Sc4ccc(C(F)(F)F)cc4)cnc32)cc1. The molecule has 176 valence electrons. The molecule has 0 aliphatic carbocycles. The number of aromatic nitrogens is 6. The molecule has 0 fully saturated rings. The molecule has 0 bridgehead atoms. The van der Waals surface area contributed by atoms with E-state index in [9.17, 15) is 13.2 Å². The molecule has 0 atom stereocenters. The lowest BCUT2D eigenvalue weighted by atomic mass is 10.2. The van der Waals surface area contributed by atoms with E-state index in [1.54, 1.807) is 24.2 Å². The van der Waals surface area contributed by atoms with Crippen molar-refractivity contribution in [3.63, 3.8) is 0 Å². The standard InChI is InChI=1S/C24H17F3N6OS/c1-34-18-6-2-15(3-7-18)14-33-22-20(31-32-33)12-16(13-30-22)21-23(29-11-10-28-21)35-19-8-4-17(5-9-19)24(25,26)27/h2-13H,14H2,1H3. The topological polar surface area (TPSA) is 78.6 Å². The molecule has 0 saturated carbocycles. The fourth-order valence-electron chi connectivity index (χ4n) is 3.42. The zero-order valence-electron chi connectivity index (χ0n) is 18.3. The van der Waals surface area contributed by atoms with Gasteiger partial charge in [0.1, 0.15) is 22.0 Å². The summed E-state index contributed by atoms with van der Waals surface area (Å²) in [5.41, 5.74) is 2.76. The average Bonchev–Trinajstić information content (AvgIpc) is 3.26. The van der Waals surface area contributed by atoms with Crippen molar-refractivity contribution in [2.24, 2.45) is 0 Å². The molecule has 3 aromatic heterocycles. The van der Waals surface area contributed by atoms with Crippen LogP contribution in [0.4, 0.5) is 13.2 Å². The molecule has 0 saturated heterocycles. The molecule has 0 aliphatic rings. The maximum Gasteiger partial charge on any atom is 0.416 e. The predicted octanol–water partition coefficient (Wildman–Crippen LogP) is 5.51. The predicted molar refractivity (Wildman–Crippen MR) is 124 cm³/mol. The van der Waals surface area contributed by atoms with Gasteiger partial charge in [-0.3, -0.25) is 4.98 Å². The Bertz CT molecular complexity index is 1470. The van der Waals surface area contributed by atoms with Crippen molar-refractivity contribution in [2.75, 3.05) is 7.11 Å². The van der Waals surface area contributed by atoms with Gasteiger partial charge in [-0.05, 0) is 48.0 Å². The third-order valence-corrected chi connectivity index (χ3v) is 6.18. The van der Waals surface area contributed by atoms with Crippen LogP contribution in [0.3, 0.4) is 0 Å². The summed E-state index contributed by atoms with van der Waals surface area (Å²) >= 11 is 1.22. The van der Waals surface area contributed by atoms with Crippen molar-refractivity contribution < 1.29 is 17.9 Å². The molecule has 11 heteroatoms. The number of halogens is 3. The second kappa shape index (κ2) is 9.34. The zero-order valence-corrected chi connectivity index (χ0v) is 19.1. The number of hydrogen-bond donors (Lipinski definition) is 0. The molecule has 0 radical (unpaired) electrons. The molecular weight excluding hydrogens is 477 g/mol. The average molecular weight is 495 g/mol. The first kappa shape index (κ1) is 22.8. The summed E-state index contributed by atoms with van der Waals surface area (Å²) in [6.45, 7) is 0.493. The third kappa shape index (κ3) is 4.94. The van der Waals surface area contributed by atoms with Crippen LogP contribution in [0, 0.1) is 0 Å². The van der Waals surface area contributed by atoms with Crippen LogP contribution in [0.1, 0.15) is 11.1 Å². The van der Waals surface area contributed by atoms with Gasteiger partial charge >= 0.3 is 6.18 Å². The van der Waals surface area contributed by atoms with Crippen LogP contribution in [-0.2, 0) is 12.7 Å². The summed E-state index contributed by atoms with van der Waals surface area (Å²) in [6, 6.07) is 14.4. The van der Waals surface area contributed by atoms with E-state index in [4.69, 9.17) is 4.74 Å². The molecule has 3 heterocycles. The smallest absolute Gasteiger partial charge is 0.416 e. The van der Waals surface area contributed by atoms with Gasteiger partial charge in [0.2, 0.25) is 0 Å². The number of ether oxygens (including phenoxy) is 1. The molecule has 5 aromatic rings. The molecule has 2 aromatic carbocycles. The van der Waals surface area contributed by atoms with Gasteiger partial charge in [0.15, 0.2) is 5.65 Å². The van der Waals surface area contributed by atoms with E-state index in [0.29, 0.717) is 38.9 Å². The highest BCUT2D eigenvalue weighted by Gasteiger charge is 2.30. The molecule has 0 amide bonds. The minimum Gasteiger partial charge on any atom is -0.497 e. The quantitative estimate of drug-likeness (QED) is 0.308. The first-order valence-electron chi connectivity index (χ1n) is 10.4. The lowest BCUT2D eigenvalue weighted by molar-refractivity contribution is -0.137. The summed E-state index contributed by atoms with van der Waals surface area (Å²) in [5.74, 6) is 0.772. The summed E-state index contributed by atoms with van der Waals surface area (Å²) in [4.78, 5) is 14.0. The second-order valence-corrected chi connectivity index (χ2v) is 8.56. The highest BCUT2D eigenvalue weighted by atomic mass is 32.2. The van der Waals surface area contributed by atoms with Crippen LogP contribution >= 0.6 is 11.8 Å². The summed E-state index contributed by atoms with van der Waals surface area (Å²) in [7, 11) is 1.62. The van der Waals surface area contributed by atoms with Crippen molar-refractivity contribution in [1.82, 2.24) is 29.9 Å². The number of nitrogens with zero attached hydrogens (tertiary/aromatic N) is 6. The van der Waals surface area contributed by atoms with Crippen LogP contribution in [0.25, 0.3) is 22.4 Å². The monoisotopic (exact) mass is 494 g/mol. The van der Waals surface area contributed by atoms with Crippen molar-refractivity contribution >= 4 is 22.9 Å². The van der Waals surface area contributed by atoms with Crippen LogP contribution in [-0.4, -0.2) is 37.1 Å². The Kier molecular flexibility index (Phi) is 6.08. The fourth-order valence-corrected chi connectivity index (χ4v) is 4.30. The van der Waals surface area contributed by atoms with E-state index in [2.05, 4.69) is 25.3 Å². The third-order valence-electron chi connectivity index (χ3n) is 5.18. The van der Waals surface area contributed by atoms with Crippen LogP contribution in [0.2, 0.25) is 0 Å². The van der Waals surface area contributed by atoms with E-state index < -0.39 is 11.7 Å². The number of alkyl halides is 3. The number of methoxy groups -OCH3 is 1. The van der Waals surface area contributed by atoms with Crippen molar-refractivity contribution in [3.8, 4) is 17.0 Å².